The van der Waals surface area contributed by atoms with E-state index in [1.165, 1.54) is 11.1 Å². The Morgan fingerprint density at radius 1 is 1.27 bits per heavy atom. The number of aliphatic hydroxyl groups is 1. The quantitative estimate of drug-likeness (QED) is 0.541. The Balaban J connectivity index is 2.18. The molecule has 0 aromatic carbocycles. The van der Waals surface area contributed by atoms with Crippen molar-refractivity contribution in [1.29, 1.82) is 0 Å². The lowest BCUT2D eigenvalue weighted by molar-refractivity contribution is -0.148. The Hall–Kier alpha value is -1.46. The molecule has 0 radical (unpaired) electrons. The second-order valence-electron chi connectivity index (χ2n) is 10.2. The number of carbonyl (C=O) groups excluding carboxylic acids is 2. The highest BCUT2D eigenvalue weighted by Crippen LogP contribution is 2.55. The van der Waals surface area contributed by atoms with E-state index >= 15 is 0 Å². The predicted octanol–water partition coefficient (Wildman–Crippen LogP) is 3.81. The summed E-state index contributed by atoms with van der Waals surface area (Å²) >= 11 is 0. The summed E-state index contributed by atoms with van der Waals surface area (Å²) in [4.78, 5) is 27.6. The van der Waals surface area contributed by atoms with E-state index in [9.17, 15) is 14.7 Å². The Bertz CT molecular complexity index is 739. The van der Waals surface area contributed by atoms with Crippen LogP contribution in [0.15, 0.2) is 23.3 Å². The number of hydrogen-bond donors (Lipinski definition) is 2. The smallest absolute Gasteiger partial charge is 0.235 e. The van der Waals surface area contributed by atoms with Crippen molar-refractivity contribution < 1.29 is 19.4 Å². The Labute approximate surface area is 181 Å². The maximum absolute atomic E-state index is 14.0. The molecule has 1 aliphatic heterocycles. The van der Waals surface area contributed by atoms with Crippen molar-refractivity contribution in [1.82, 2.24) is 5.32 Å². The molecule has 1 fully saturated rings. The van der Waals surface area contributed by atoms with Gasteiger partial charge in [0.05, 0.1) is 12.2 Å². The van der Waals surface area contributed by atoms with E-state index in [2.05, 4.69) is 52.1 Å². The molecule has 1 spiro atoms. The third kappa shape index (κ3) is 3.91. The van der Waals surface area contributed by atoms with Crippen molar-refractivity contribution in [3.63, 3.8) is 0 Å². The summed E-state index contributed by atoms with van der Waals surface area (Å²) in [5, 5.41) is 13.9. The summed E-state index contributed by atoms with van der Waals surface area (Å²) in [7, 11) is 1.54. The summed E-state index contributed by atoms with van der Waals surface area (Å²) in [5.74, 6) is -0.0146. The lowest BCUT2D eigenvalue weighted by Gasteiger charge is -2.45. The van der Waals surface area contributed by atoms with Gasteiger partial charge in [0, 0.05) is 31.4 Å². The zero-order valence-electron chi connectivity index (χ0n) is 19.4. The first-order valence-electron chi connectivity index (χ1n) is 11.5. The molecule has 3 aliphatic rings. The normalized spacial score (nSPS) is 41.9. The maximum Gasteiger partial charge on any atom is 0.235 e. The molecule has 7 atom stereocenters. The van der Waals surface area contributed by atoms with Crippen LogP contribution in [0.5, 0.6) is 0 Å². The van der Waals surface area contributed by atoms with Gasteiger partial charge in [-0.15, -0.1) is 0 Å². The number of allylic oxidation sites excluding steroid dienone is 4. The minimum Gasteiger partial charge on any atom is -0.390 e. The lowest BCUT2D eigenvalue weighted by Crippen LogP contribution is -2.53. The molecule has 3 rings (SSSR count). The van der Waals surface area contributed by atoms with Gasteiger partial charge in [-0.25, -0.2) is 0 Å². The molecule has 1 saturated heterocycles. The van der Waals surface area contributed by atoms with Crippen LogP contribution in [0.2, 0.25) is 0 Å². The Kier molecular flexibility index (Phi) is 6.93. The standard InChI is InChI=1S/C25H39NO4/c1-14(2)10-19-23-17(5)16(4)12-18-11-15(3)8-7-9-20(27)21(30-6)13-22(28)25(18,23)24(29)26-19/h11-12,14,17-21,23,27H,7-10,13H2,1-6H3,(H,26,29)/b15-11-/t17-,18-,19-,20-,21+,23-,25+/m0/s1. The molecule has 0 aromatic rings. The van der Waals surface area contributed by atoms with Gasteiger partial charge in [-0.1, -0.05) is 44.1 Å². The summed E-state index contributed by atoms with van der Waals surface area (Å²) in [6.45, 7) is 10.7. The van der Waals surface area contributed by atoms with E-state index in [0.29, 0.717) is 12.3 Å². The minimum atomic E-state index is -1.12. The van der Waals surface area contributed by atoms with Crippen molar-refractivity contribution in [2.75, 3.05) is 7.11 Å². The number of amides is 1. The van der Waals surface area contributed by atoms with Crippen LogP contribution in [0.3, 0.4) is 0 Å². The van der Waals surface area contributed by atoms with Crippen LogP contribution in [0.1, 0.15) is 66.7 Å². The number of Topliss-reactive ketones (excluding diaryl/α,β-unsaturated/α-hetero) is 1. The number of ketones is 1. The number of carbonyl (C=O) groups is 2. The maximum atomic E-state index is 14.0. The molecule has 1 amide bonds. The molecule has 168 valence electrons. The highest BCUT2D eigenvalue weighted by Gasteiger charge is 2.65. The molecule has 0 bridgehead atoms. The van der Waals surface area contributed by atoms with Crippen LogP contribution >= 0.6 is 0 Å². The number of ether oxygens (including phenoxy) is 1. The highest BCUT2D eigenvalue weighted by atomic mass is 16.5. The fourth-order valence-electron chi connectivity index (χ4n) is 6.10. The first-order chi connectivity index (χ1) is 14.1. The fourth-order valence-corrected chi connectivity index (χ4v) is 6.10. The molecule has 5 heteroatoms. The highest BCUT2D eigenvalue weighted by molar-refractivity contribution is 6.09. The molecule has 0 unspecified atom stereocenters. The molecule has 1 heterocycles. The summed E-state index contributed by atoms with van der Waals surface area (Å²) in [6.07, 6.45) is 6.21. The molecular formula is C25H39NO4. The number of aliphatic hydroxyl groups excluding tert-OH is 1. The molecule has 0 saturated carbocycles. The SMILES string of the molecule is CO[C@@H]1CC(=O)[C@@]23C(=O)N[C@@H](CC(C)C)[C@@H]2[C@@H](C)C(C)=C[C@@H]3/C=C(/C)CCC[C@@H]1O. The van der Waals surface area contributed by atoms with Crippen LogP contribution in [0.4, 0.5) is 0 Å². The van der Waals surface area contributed by atoms with Crippen molar-refractivity contribution in [2.24, 2.45) is 29.1 Å². The van der Waals surface area contributed by atoms with Gasteiger partial charge in [0.15, 0.2) is 5.78 Å². The van der Waals surface area contributed by atoms with E-state index < -0.39 is 17.6 Å². The van der Waals surface area contributed by atoms with Gasteiger partial charge in [-0.2, -0.15) is 0 Å². The van der Waals surface area contributed by atoms with Crippen molar-refractivity contribution in [3.05, 3.63) is 23.3 Å². The fraction of sp³-hybridized carbons (Fsp3) is 0.760. The van der Waals surface area contributed by atoms with Crippen LogP contribution < -0.4 is 5.32 Å². The van der Waals surface area contributed by atoms with Gasteiger partial charge in [0.2, 0.25) is 5.91 Å². The second kappa shape index (κ2) is 8.96. The number of rotatable bonds is 3. The van der Waals surface area contributed by atoms with Crippen LogP contribution in [0.25, 0.3) is 0 Å². The third-order valence-corrected chi connectivity index (χ3v) is 7.72. The van der Waals surface area contributed by atoms with Crippen LogP contribution in [0, 0.1) is 29.1 Å². The van der Waals surface area contributed by atoms with Gasteiger partial charge in [-0.3, -0.25) is 9.59 Å². The average molecular weight is 418 g/mol. The largest absolute Gasteiger partial charge is 0.390 e. The van der Waals surface area contributed by atoms with E-state index in [0.717, 1.165) is 19.3 Å². The summed E-state index contributed by atoms with van der Waals surface area (Å²) in [6, 6.07) is -0.0210. The van der Waals surface area contributed by atoms with Crippen LogP contribution in [-0.4, -0.2) is 42.2 Å². The van der Waals surface area contributed by atoms with Crippen molar-refractivity contribution in [3.8, 4) is 0 Å². The van der Waals surface area contributed by atoms with E-state index in [1.54, 1.807) is 7.11 Å². The van der Waals surface area contributed by atoms with Crippen molar-refractivity contribution in [2.45, 2.75) is 85.0 Å². The topological polar surface area (TPSA) is 75.6 Å². The van der Waals surface area contributed by atoms with Gasteiger partial charge >= 0.3 is 0 Å². The molecule has 2 aliphatic carbocycles. The molecule has 5 nitrogen and oxygen atoms in total. The third-order valence-electron chi connectivity index (χ3n) is 7.72. The second-order valence-corrected chi connectivity index (χ2v) is 10.2. The van der Waals surface area contributed by atoms with Gasteiger partial charge in [0.1, 0.15) is 5.41 Å². The summed E-state index contributed by atoms with van der Waals surface area (Å²) < 4.78 is 5.54. The van der Waals surface area contributed by atoms with Gasteiger partial charge in [0.25, 0.3) is 0 Å². The number of hydrogen-bond acceptors (Lipinski definition) is 4. The lowest BCUT2D eigenvalue weighted by atomic mass is 9.54. The predicted molar refractivity (Wildman–Crippen MR) is 118 cm³/mol. The molecule has 0 aromatic heterocycles. The zero-order chi connectivity index (χ0) is 22.2. The average Bonchev–Trinajstić information content (AvgIpc) is 2.94. The first-order valence-corrected chi connectivity index (χ1v) is 11.5. The van der Waals surface area contributed by atoms with Crippen molar-refractivity contribution >= 4 is 11.7 Å². The zero-order valence-corrected chi connectivity index (χ0v) is 19.4. The number of nitrogens with one attached hydrogen (secondary N) is 1. The van der Waals surface area contributed by atoms with E-state index in [-0.39, 0.29) is 41.9 Å². The molecular weight excluding hydrogens is 378 g/mol. The van der Waals surface area contributed by atoms with Gasteiger partial charge < -0.3 is 15.2 Å². The molecule has 30 heavy (non-hydrogen) atoms. The monoisotopic (exact) mass is 417 g/mol. The van der Waals surface area contributed by atoms with Gasteiger partial charge in [-0.05, 0) is 51.4 Å². The number of methoxy groups -OCH3 is 1. The van der Waals surface area contributed by atoms with E-state index in [4.69, 9.17) is 4.74 Å². The first kappa shape index (κ1) is 23.2. The summed E-state index contributed by atoms with van der Waals surface area (Å²) in [5.41, 5.74) is 1.30. The Morgan fingerprint density at radius 2 is 1.97 bits per heavy atom. The van der Waals surface area contributed by atoms with E-state index in [1.807, 2.05) is 0 Å². The minimum absolute atomic E-state index is 0.0210. The molecule has 2 N–H and O–H groups in total. The Morgan fingerprint density at radius 3 is 2.60 bits per heavy atom. The van der Waals surface area contributed by atoms with Crippen LogP contribution in [-0.2, 0) is 14.3 Å².